The molecule has 0 unspecified atom stereocenters. The lowest BCUT2D eigenvalue weighted by Gasteiger charge is -2.13. The third-order valence-corrected chi connectivity index (χ3v) is 3.31. The number of halogens is 1. The Morgan fingerprint density at radius 1 is 1.31 bits per heavy atom. The number of aryl methyl sites for hydroxylation is 2. The summed E-state index contributed by atoms with van der Waals surface area (Å²) in [6, 6.07) is 3.86. The van der Waals surface area contributed by atoms with Crippen molar-refractivity contribution in [2.45, 2.75) is 27.2 Å². The number of aromatic nitrogens is 1. The first-order chi connectivity index (χ1) is 7.56. The highest BCUT2D eigenvalue weighted by molar-refractivity contribution is 6.35. The smallest absolute Gasteiger partial charge is 0.0914 e. The lowest BCUT2D eigenvalue weighted by molar-refractivity contribution is 1.07. The molecule has 84 valence electrons. The van der Waals surface area contributed by atoms with Crippen molar-refractivity contribution >= 4 is 28.2 Å². The number of hydrogen-bond acceptors (Lipinski definition) is 2. The van der Waals surface area contributed by atoms with Crippen LogP contribution >= 0.6 is 11.6 Å². The SMILES string of the molecule is CCc1c(C)nc2c(Cl)ccc(C)c2c1N. The summed E-state index contributed by atoms with van der Waals surface area (Å²) in [7, 11) is 0. The number of nitrogens with two attached hydrogens (primary N) is 1. The molecular formula is C13H15ClN2. The van der Waals surface area contributed by atoms with E-state index < -0.39 is 0 Å². The van der Waals surface area contributed by atoms with Gasteiger partial charge in [0.2, 0.25) is 0 Å². The van der Waals surface area contributed by atoms with E-state index in [1.165, 1.54) is 0 Å². The molecule has 16 heavy (non-hydrogen) atoms. The van der Waals surface area contributed by atoms with E-state index >= 15 is 0 Å². The number of pyridine rings is 1. The summed E-state index contributed by atoms with van der Waals surface area (Å²) in [6.45, 7) is 6.10. The Morgan fingerprint density at radius 3 is 2.62 bits per heavy atom. The molecule has 0 aliphatic heterocycles. The van der Waals surface area contributed by atoms with Gasteiger partial charge in [0, 0.05) is 16.8 Å². The molecule has 0 saturated heterocycles. The zero-order valence-electron chi connectivity index (χ0n) is 9.76. The highest BCUT2D eigenvalue weighted by Crippen LogP contribution is 2.32. The molecule has 0 saturated carbocycles. The summed E-state index contributed by atoms with van der Waals surface area (Å²) in [4.78, 5) is 4.56. The van der Waals surface area contributed by atoms with E-state index in [-0.39, 0.29) is 0 Å². The third kappa shape index (κ3) is 1.54. The van der Waals surface area contributed by atoms with Crippen molar-refractivity contribution in [3.8, 4) is 0 Å². The second-order valence-electron chi connectivity index (χ2n) is 4.03. The van der Waals surface area contributed by atoms with E-state index in [0.29, 0.717) is 5.02 Å². The van der Waals surface area contributed by atoms with Gasteiger partial charge in [-0.25, -0.2) is 0 Å². The van der Waals surface area contributed by atoms with Gasteiger partial charge in [-0.3, -0.25) is 4.98 Å². The fourth-order valence-electron chi connectivity index (χ4n) is 2.14. The van der Waals surface area contributed by atoms with Crippen LogP contribution in [0, 0.1) is 13.8 Å². The minimum Gasteiger partial charge on any atom is -0.398 e. The van der Waals surface area contributed by atoms with Gasteiger partial charge in [0.15, 0.2) is 0 Å². The summed E-state index contributed by atoms with van der Waals surface area (Å²) >= 11 is 6.15. The van der Waals surface area contributed by atoms with Crippen molar-refractivity contribution in [1.82, 2.24) is 4.98 Å². The molecule has 0 atom stereocenters. The average molecular weight is 235 g/mol. The Kier molecular flexibility index (Phi) is 2.76. The summed E-state index contributed by atoms with van der Waals surface area (Å²) in [5.74, 6) is 0. The van der Waals surface area contributed by atoms with Gasteiger partial charge in [0.25, 0.3) is 0 Å². The monoisotopic (exact) mass is 234 g/mol. The molecule has 0 spiro atoms. The van der Waals surface area contributed by atoms with E-state index in [1.807, 2.05) is 26.0 Å². The molecule has 1 aromatic heterocycles. The molecule has 0 aliphatic rings. The molecule has 0 aliphatic carbocycles. The molecule has 1 heterocycles. The van der Waals surface area contributed by atoms with Crippen molar-refractivity contribution in [2.24, 2.45) is 0 Å². The fourth-order valence-corrected chi connectivity index (χ4v) is 2.34. The fraction of sp³-hybridized carbons (Fsp3) is 0.308. The first kappa shape index (κ1) is 11.2. The quantitative estimate of drug-likeness (QED) is 0.818. The third-order valence-electron chi connectivity index (χ3n) is 3.00. The zero-order valence-corrected chi connectivity index (χ0v) is 10.5. The maximum absolute atomic E-state index is 6.20. The molecule has 0 fully saturated rings. The maximum atomic E-state index is 6.20. The normalized spacial score (nSPS) is 11.0. The molecule has 0 radical (unpaired) electrons. The van der Waals surface area contributed by atoms with Gasteiger partial charge in [0.1, 0.15) is 0 Å². The summed E-state index contributed by atoms with van der Waals surface area (Å²) in [6.07, 6.45) is 0.895. The van der Waals surface area contributed by atoms with Gasteiger partial charge in [0.05, 0.1) is 10.5 Å². The second kappa shape index (κ2) is 3.95. The van der Waals surface area contributed by atoms with Crippen LogP contribution in [0.4, 0.5) is 5.69 Å². The zero-order chi connectivity index (χ0) is 11.9. The van der Waals surface area contributed by atoms with E-state index in [2.05, 4.69) is 11.9 Å². The average Bonchev–Trinajstić information content (AvgIpc) is 2.24. The molecule has 0 amide bonds. The van der Waals surface area contributed by atoms with Crippen LogP contribution in [0.1, 0.15) is 23.7 Å². The van der Waals surface area contributed by atoms with Crippen LogP contribution in [0.25, 0.3) is 10.9 Å². The van der Waals surface area contributed by atoms with Gasteiger partial charge >= 0.3 is 0 Å². The molecule has 2 nitrogen and oxygen atoms in total. The Labute approximate surface area is 100 Å². The van der Waals surface area contributed by atoms with Crippen LogP contribution in [0.15, 0.2) is 12.1 Å². The van der Waals surface area contributed by atoms with Crippen molar-refractivity contribution in [3.63, 3.8) is 0 Å². The lowest BCUT2D eigenvalue weighted by atomic mass is 10.0. The number of fused-ring (bicyclic) bond motifs is 1. The van der Waals surface area contributed by atoms with E-state index in [1.54, 1.807) is 0 Å². The minimum atomic E-state index is 0.665. The van der Waals surface area contributed by atoms with Crippen LogP contribution in [0.5, 0.6) is 0 Å². The van der Waals surface area contributed by atoms with Crippen molar-refractivity contribution in [3.05, 3.63) is 34.0 Å². The molecule has 2 N–H and O–H groups in total. The van der Waals surface area contributed by atoms with E-state index in [4.69, 9.17) is 17.3 Å². The van der Waals surface area contributed by atoms with Crippen LogP contribution in [-0.4, -0.2) is 4.98 Å². The largest absolute Gasteiger partial charge is 0.398 e. The highest BCUT2D eigenvalue weighted by atomic mass is 35.5. The number of nitrogen functional groups attached to an aromatic ring is 1. The predicted molar refractivity (Wildman–Crippen MR) is 70.0 cm³/mol. The van der Waals surface area contributed by atoms with Gasteiger partial charge in [-0.2, -0.15) is 0 Å². The standard InChI is InChI=1S/C13H15ClN2/c1-4-9-8(3)16-13-10(14)6-5-7(2)11(13)12(9)15/h5-6H,4H2,1-3H3,(H2,15,16). The van der Waals surface area contributed by atoms with E-state index in [0.717, 1.165) is 39.8 Å². The molecule has 3 heteroatoms. The second-order valence-corrected chi connectivity index (χ2v) is 4.44. The number of nitrogens with zero attached hydrogens (tertiary/aromatic N) is 1. The van der Waals surface area contributed by atoms with Crippen molar-refractivity contribution in [1.29, 1.82) is 0 Å². The van der Waals surface area contributed by atoms with Crippen LogP contribution in [-0.2, 0) is 6.42 Å². The Hall–Kier alpha value is -1.28. The number of rotatable bonds is 1. The number of hydrogen-bond donors (Lipinski definition) is 1. The molecular weight excluding hydrogens is 220 g/mol. The Bertz CT molecular complexity index is 562. The number of benzene rings is 1. The number of anilines is 1. The predicted octanol–water partition coefficient (Wildman–Crippen LogP) is 3.65. The lowest BCUT2D eigenvalue weighted by Crippen LogP contribution is -2.02. The van der Waals surface area contributed by atoms with Gasteiger partial charge in [-0.1, -0.05) is 24.6 Å². The summed E-state index contributed by atoms with van der Waals surface area (Å²) in [5, 5.41) is 1.66. The van der Waals surface area contributed by atoms with Gasteiger partial charge in [-0.15, -0.1) is 0 Å². The Balaban J connectivity index is 2.98. The van der Waals surface area contributed by atoms with Crippen LogP contribution in [0.3, 0.4) is 0 Å². The highest BCUT2D eigenvalue weighted by Gasteiger charge is 2.12. The topological polar surface area (TPSA) is 38.9 Å². The summed E-state index contributed by atoms with van der Waals surface area (Å²) in [5.41, 5.74) is 11.1. The van der Waals surface area contributed by atoms with Gasteiger partial charge < -0.3 is 5.73 Å². The molecule has 2 aromatic rings. The van der Waals surface area contributed by atoms with Crippen molar-refractivity contribution in [2.75, 3.05) is 5.73 Å². The van der Waals surface area contributed by atoms with Gasteiger partial charge in [-0.05, 0) is 37.5 Å². The van der Waals surface area contributed by atoms with Crippen LogP contribution in [0.2, 0.25) is 5.02 Å². The molecule has 0 bridgehead atoms. The Morgan fingerprint density at radius 2 is 2.00 bits per heavy atom. The van der Waals surface area contributed by atoms with E-state index in [9.17, 15) is 0 Å². The first-order valence-electron chi connectivity index (χ1n) is 5.40. The van der Waals surface area contributed by atoms with Crippen molar-refractivity contribution < 1.29 is 0 Å². The molecule has 1 aromatic carbocycles. The minimum absolute atomic E-state index is 0.665. The first-order valence-corrected chi connectivity index (χ1v) is 5.77. The summed E-state index contributed by atoms with van der Waals surface area (Å²) < 4.78 is 0. The van der Waals surface area contributed by atoms with Crippen LogP contribution < -0.4 is 5.73 Å². The maximum Gasteiger partial charge on any atom is 0.0914 e. The molecule has 2 rings (SSSR count).